The fourth-order valence-corrected chi connectivity index (χ4v) is 21.3. The van der Waals surface area contributed by atoms with Crippen LogP contribution in [0.5, 0.6) is 0 Å². The van der Waals surface area contributed by atoms with Gasteiger partial charge in [-0.05, 0) is 128 Å². The van der Waals surface area contributed by atoms with Crippen LogP contribution in [-0.4, -0.2) is 16.1 Å². The Morgan fingerprint density at radius 2 is 1.39 bits per heavy atom. The van der Waals surface area contributed by atoms with Crippen LogP contribution in [0.25, 0.3) is 0 Å². The Balaban J connectivity index is 1.30. The molecule has 2 heteroatoms. The zero-order valence-electron chi connectivity index (χ0n) is 31.9. The first-order valence-electron chi connectivity index (χ1n) is 19.2. The molecule has 9 atom stereocenters. The highest BCUT2D eigenvalue weighted by Gasteiger charge is 2.53. The lowest BCUT2D eigenvalue weighted by Gasteiger charge is -2.41. The van der Waals surface area contributed by atoms with Crippen molar-refractivity contribution < 1.29 is 0 Å². The molecule has 0 aromatic heterocycles. The van der Waals surface area contributed by atoms with Crippen LogP contribution in [0.15, 0.2) is 46.1 Å². The lowest BCUT2D eigenvalue weighted by atomic mass is 9.90. The molecular formula is C42H74Si2. The summed E-state index contributed by atoms with van der Waals surface area (Å²) in [5, 5.41) is 0. The first-order chi connectivity index (χ1) is 20.5. The molecular weight excluding hydrogens is 561 g/mol. The molecule has 2 fully saturated rings. The molecule has 2 saturated carbocycles. The number of allylic oxidation sites excluding steroid dienone is 8. The van der Waals surface area contributed by atoms with Gasteiger partial charge in [0.25, 0.3) is 0 Å². The van der Waals surface area contributed by atoms with E-state index < -0.39 is 16.1 Å². The average molecular weight is 635 g/mol. The third-order valence-electron chi connectivity index (χ3n) is 14.9. The molecule has 4 aliphatic rings. The highest BCUT2D eigenvalue weighted by molar-refractivity contribution is 6.82. The van der Waals surface area contributed by atoms with Gasteiger partial charge in [0.2, 0.25) is 0 Å². The van der Waals surface area contributed by atoms with Crippen LogP contribution in [0, 0.1) is 41.4 Å². The number of hydrogen-bond donors (Lipinski definition) is 0. The Bertz CT molecular complexity index is 1110. The summed E-state index contributed by atoms with van der Waals surface area (Å²) in [6, 6.07) is 0. The molecule has 0 N–H and O–H groups in total. The van der Waals surface area contributed by atoms with E-state index in [9.17, 15) is 0 Å². The second-order valence-electron chi connectivity index (χ2n) is 18.7. The van der Waals surface area contributed by atoms with E-state index in [1.54, 1.807) is 34.3 Å². The quantitative estimate of drug-likeness (QED) is 0.177. The van der Waals surface area contributed by atoms with Crippen LogP contribution in [-0.2, 0) is 0 Å². The molecule has 9 unspecified atom stereocenters. The molecule has 0 amide bonds. The summed E-state index contributed by atoms with van der Waals surface area (Å²) in [4.78, 5) is 0. The maximum absolute atomic E-state index is 2.79. The molecule has 4 rings (SSSR count). The highest BCUT2D eigenvalue weighted by Crippen LogP contribution is 2.59. The summed E-state index contributed by atoms with van der Waals surface area (Å²) < 4.78 is 0. The Morgan fingerprint density at radius 3 is 2.00 bits per heavy atom. The first kappa shape index (κ1) is 36.2. The maximum Gasteiger partial charge on any atom is 0.0706 e. The Morgan fingerprint density at radius 1 is 0.750 bits per heavy atom. The molecule has 0 radical (unpaired) electrons. The fourth-order valence-electron chi connectivity index (χ4n) is 11.4. The second-order valence-corrected chi connectivity index (χ2v) is 28.7. The minimum atomic E-state index is -1.56. The first-order valence-corrected chi connectivity index (χ1v) is 25.6. The second kappa shape index (κ2) is 14.3. The molecule has 0 saturated heterocycles. The van der Waals surface area contributed by atoms with Crippen LogP contribution in [0.2, 0.25) is 48.4 Å². The standard InChI is InChI=1S/C42H74Si2/c1-27(2)15-18-36-20-22-39(25-36)44(13,14)42-34(9)31(6)40(35(42)10)24-17-28(3)16-19-37-21-23-38(26-37)43(11,12)41-32(7)29(4)30(5)33(41)8/h20,22,25,27-30,32-33,37-39,41-42H,15-19,21,23-24,26H2,1-14H3. The minimum absolute atomic E-state index is 0.681. The van der Waals surface area contributed by atoms with Crippen molar-refractivity contribution in [1.29, 1.82) is 0 Å². The van der Waals surface area contributed by atoms with Crippen molar-refractivity contribution in [2.24, 2.45) is 41.4 Å². The van der Waals surface area contributed by atoms with Gasteiger partial charge in [-0.3, -0.25) is 0 Å². The van der Waals surface area contributed by atoms with Gasteiger partial charge in [0, 0.05) is 0 Å². The van der Waals surface area contributed by atoms with Gasteiger partial charge in [0.05, 0.1) is 16.1 Å². The summed E-state index contributed by atoms with van der Waals surface area (Å²) in [5.74, 6) is 6.32. The molecule has 0 spiro atoms. The molecule has 0 nitrogen and oxygen atoms in total. The summed E-state index contributed by atoms with van der Waals surface area (Å²) in [6.45, 7) is 36.0. The van der Waals surface area contributed by atoms with Gasteiger partial charge >= 0.3 is 0 Å². The summed E-state index contributed by atoms with van der Waals surface area (Å²) in [5.41, 5.74) is 11.9. The molecule has 0 aromatic rings. The van der Waals surface area contributed by atoms with Crippen LogP contribution >= 0.6 is 0 Å². The van der Waals surface area contributed by atoms with Crippen molar-refractivity contribution in [1.82, 2.24) is 0 Å². The summed E-state index contributed by atoms with van der Waals surface area (Å²) in [7, 11) is -2.82. The molecule has 0 bridgehead atoms. The van der Waals surface area contributed by atoms with E-state index in [1.807, 2.05) is 0 Å². The predicted molar refractivity (Wildman–Crippen MR) is 204 cm³/mol. The Kier molecular flexibility index (Phi) is 11.7. The zero-order chi connectivity index (χ0) is 32.7. The lowest BCUT2D eigenvalue weighted by Crippen LogP contribution is -2.41. The van der Waals surface area contributed by atoms with Crippen molar-refractivity contribution in [3.8, 4) is 0 Å². The molecule has 0 aromatic carbocycles. The van der Waals surface area contributed by atoms with Gasteiger partial charge in [-0.1, -0.05) is 135 Å². The van der Waals surface area contributed by atoms with Gasteiger partial charge in [-0.2, -0.15) is 0 Å². The number of hydrogen-bond acceptors (Lipinski definition) is 0. The predicted octanol–water partition coefficient (Wildman–Crippen LogP) is 14.0. The third-order valence-corrected chi connectivity index (χ3v) is 24.8. The SMILES string of the molecule is CC1=C(C)C([Si](C)(C)C2C=CC(CCC(C)C)=C2)C(C)=C1CCC(C)CCC1CCC([Si](C)(C)C2C(C)C(C)C(C)C2C)C1. The topological polar surface area (TPSA) is 0 Å². The van der Waals surface area contributed by atoms with E-state index in [0.717, 1.165) is 52.5 Å². The Labute approximate surface area is 278 Å². The van der Waals surface area contributed by atoms with Crippen LogP contribution in [0.1, 0.15) is 127 Å². The largest absolute Gasteiger partial charge is 0.0800 e. The smallest absolute Gasteiger partial charge is 0.0706 e. The Hall–Kier alpha value is -0.606. The molecule has 4 aliphatic carbocycles. The van der Waals surface area contributed by atoms with Gasteiger partial charge in [-0.15, -0.1) is 0 Å². The van der Waals surface area contributed by atoms with Crippen LogP contribution < -0.4 is 0 Å². The van der Waals surface area contributed by atoms with Crippen molar-refractivity contribution in [3.05, 3.63) is 46.1 Å². The molecule has 250 valence electrons. The van der Waals surface area contributed by atoms with Crippen molar-refractivity contribution in [2.75, 3.05) is 0 Å². The monoisotopic (exact) mass is 635 g/mol. The highest BCUT2D eigenvalue weighted by atomic mass is 28.3. The van der Waals surface area contributed by atoms with Gasteiger partial charge in [-0.25, -0.2) is 0 Å². The number of rotatable bonds is 13. The fraction of sp³-hybridized carbons (Fsp3) is 0.810. The minimum Gasteiger partial charge on any atom is -0.0800 e. The van der Waals surface area contributed by atoms with Gasteiger partial charge in [0.15, 0.2) is 0 Å². The van der Waals surface area contributed by atoms with Crippen LogP contribution in [0.4, 0.5) is 0 Å². The zero-order valence-corrected chi connectivity index (χ0v) is 33.9. The van der Waals surface area contributed by atoms with Crippen molar-refractivity contribution in [3.63, 3.8) is 0 Å². The maximum atomic E-state index is 2.79. The van der Waals surface area contributed by atoms with Gasteiger partial charge < -0.3 is 0 Å². The van der Waals surface area contributed by atoms with Crippen molar-refractivity contribution >= 4 is 16.1 Å². The van der Waals surface area contributed by atoms with Gasteiger partial charge in [0.1, 0.15) is 0 Å². The average Bonchev–Trinajstić information content (AvgIpc) is 3.71. The van der Waals surface area contributed by atoms with Crippen molar-refractivity contribution in [2.45, 2.75) is 175 Å². The summed E-state index contributed by atoms with van der Waals surface area (Å²) in [6.07, 6.45) is 20.5. The van der Waals surface area contributed by atoms with E-state index in [2.05, 4.69) is 114 Å². The molecule has 44 heavy (non-hydrogen) atoms. The molecule has 0 aliphatic heterocycles. The van der Waals surface area contributed by atoms with E-state index >= 15 is 0 Å². The normalized spacial score (nSPS) is 35.5. The molecule has 0 heterocycles. The van der Waals surface area contributed by atoms with E-state index in [4.69, 9.17) is 0 Å². The van der Waals surface area contributed by atoms with E-state index in [1.165, 1.54) is 51.4 Å². The van der Waals surface area contributed by atoms with E-state index in [-0.39, 0.29) is 0 Å². The summed E-state index contributed by atoms with van der Waals surface area (Å²) >= 11 is 0. The van der Waals surface area contributed by atoms with Crippen LogP contribution in [0.3, 0.4) is 0 Å². The lowest BCUT2D eigenvalue weighted by molar-refractivity contribution is 0.352. The van der Waals surface area contributed by atoms with E-state index in [0.29, 0.717) is 11.1 Å². The third kappa shape index (κ3) is 7.27.